The first-order valence-electron chi connectivity index (χ1n) is 9.29. The van der Waals surface area contributed by atoms with E-state index in [2.05, 4.69) is 24.1 Å². The van der Waals surface area contributed by atoms with E-state index in [-0.39, 0.29) is 0 Å². The molecule has 1 N–H and O–H groups in total. The molecule has 3 fully saturated rings. The Morgan fingerprint density at radius 3 is 2.40 bits per heavy atom. The second-order valence-electron chi connectivity index (χ2n) is 7.60. The van der Waals surface area contributed by atoms with Crippen LogP contribution in [0.3, 0.4) is 0 Å². The highest BCUT2D eigenvalue weighted by Crippen LogP contribution is 2.41. The molecule has 5 unspecified atom stereocenters. The van der Waals surface area contributed by atoms with Gasteiger partial charge in [-0.25, -0.2) is 0 Å². The predicted molar refractivity (Wildman–Crippen MR) is 85.9 cm³/mol. The van der Waals surface area contributed by atoms with Gasteiger partial charge in [-0.3, -0.25) is 4.90 Å². The number of nitrogens with zero attached hydrogens (tertiary/aromatic N) is 1. The van der Waals surface area contributed by atoms with Crippen molar-refractivity contribution in [3.8, 4) is 0 Å². The summed E-state index contributed by atoms with van der Waals surface area (Å²) in [6.07, 6.45) is 11.7. The van der Waals surface area contributed by atoms with Crippen molar-refractivity contribution in [2.45, 2.75) is 77.3 Å². The third kappa shape index (κ3) is 3.06. The van der Waals surface area contributed by atoms with Crippen LogP contribution in [-0.4, -0.2) is 36.6 Å². The van der Waals surface area contributed by atoms with Crippen LogP contribution in [0.25, 0.3) is 0 Å². The van der Waals surface area contributed by atoms with Gasteiger partial charge in [-0.15, -0.1) is 0 Å². The predicted octanol–water partition coefficient (Wildman–Crippen LogP) is 3.67. The number of fused-ring (bicyclic) bond motifs is 1. The minimum Gasteiger partial charge on any atom is -0.313 e. The first-order valence-corrected chi connectivity index (χ1v) is 9.29. The van der Waals surface area contributed by atoms with Crippen LogP contribution in [0.1, 0.15) is 65.2 Å². The fourth-order valence-corrected chi connectivity index (χ4v) is 5.35. The first-order chi connectivity index (χ1) is 9.81. The zero-order valence-electron chi connectivity index (χ0n) is 13.6. The molecule has 2 heteroatoms. The van der Waals surface area contributed by atoms with E-state index in [1.165, 1.54) is 64.5 Å². The van der Waals surface area contributed by atoms with Crippen LogP contribution in [0.4, 0.5) is 0 Å². The van der Waals surface area contributed by atoms with Crippen LogP contribution in [-0.2, 0) is 0 Å². The maximum Gasteiger partial charge on any atom is 0.0252 e. The lowest BCUT2D eigenvalue weighted by Gasteiger charge is -2.42. The average molecular weight is 278 g/mol. The Labute approximate surface area is 125 Å². The number of nitrogens with one attached hydrogen (secondary N) is 1. The highest BCUT2D eigenvalue weighted by atomic mass is 15.2. The summed E-state index contributed by atoms with van der Waals surface area (Å²) in [4.78, 5) is 2.89. The van der Waals surface area contributed by atoms with E-state index in [1.807, 2.05) is 0 Å². The molecule has 0 aromatic rings. The summed E-state index contributed by atoms with van der Waals surface area (Å²) in [7, 11) is 0. The quantitative estimate of drug-likeness (QED) is 0.825. The van der Waals surface area contributed by atoms with Gasteiger partial charge in [0.25, 0.3) is 0 Å². The molecule has 5 atom stereocenters. The molecule has 3 aliphatic rings. The number of likely N-dealkylation sites (N-methyl/N-ethyl adjacent to an activating group) is 1. The molecule has 1 saturated heterocycles. The zero-order chi connectivity index (χ0) is 13.9. The standard InChI is InChI=1S/C18H34N2/c1-3-6-14-9-10-17(19-4-2)18(11-14)20-12-15-7-5-8-16(15)13-20/h14-19H,3-13H2,1-2H3. The van der Waals surface area contributed by atoms with Crippen LogP contribution in [0.15, 0.2) is 0 Å². The Kier molecular flexibility index (Phi) is 5.04. The lowest BCUT2D eigenvalue weighted by atomic mass is 9.79. The zero-order valence-corrected chi connectivity index (χ0v) is 13.6. The molecule has 0 aromatic carbocycles. The van der Waals surface area contributed by atoms with E-state index in [9.17, 15) is 0 Å². The van der Waals surface area contributed by atoms with Crippen molar-refractivity contribution in [3.63, 3.8) is 0 Å². The Morgan fingerprint density at radius 1 is 1.00 bits per heavy atom. The van der Waals surface area contributed by atoms with Crippen LogP contribution >= 0.6 is 0 Å². The fourth-order valence-electron chi connectivity index (χ4n) is 5.35. The van der Waals surface area contributed by atoms with Crippen LogP contribution in [0.5, 0.6) is 0 Å². The van der Waals surface area contributed by atoms with Gasteiger partial charge in [0.15, 0.2) is 0 Å². The number of rotatable bonds is 5. The summed E-state index contributed by atoms with van der Waals surface area (Å²) in [6.45, 7) is 8.59. The first kappa shape index (κ1) is 14.8. The Morgan fingerprint density at radius 2 is 1.75 bits per heavy atom. The van der Waals surface area contributed by atoms with Crippen molar-refractivity contribution in [1.29, 1.82) is 0 Å². The Balaban J connectivity index is 1.63. The molecule has 116 valence electrons. The SMILES string of the molecule is CCCC1CCC(NCC)C(N2CC3CCCC3C2)C1. The van der Waals surface area contributed by atoms with Gasteiger partial charge >= 0.3 is 0 Å². The maximum atomic E-state index is 3.80. The number of hydrogen-bond acceptors (Lipinski definition) is 2. The van der Waals surface area contributed by atoms with Crippen molar-refractivity contribution in [1.82, 2.24) is 10.2 Å². The summed E-state index contributed by atoms with van der Waals surface area (Å²) in [5.74, 6) is 3.09. The van der Waals surface area contributed by atoms with E-state index in [0.29, 0.717) is 0 Å². The molecule has 3 rings (SSSR count). The molecule has 0 radical (unpaired) electrons. The largest absolute Gasteiger partial charge is 0.313 e. The average Bonchev–Trinajstić information content (AvgIpc) is 3.02. The van der Waals surface area contributed by atoms with Gasteiger partial charge < -0.3 is 5.32 Å². The van der Waals surface area contributed by atoms with E-state index >= 15 is 0 Å². The van der Waals surface area contributed by atoms with Crippen molar-refractivity contribution >= 4 is 0 Å². The molecule has 1 heterocycles. The van der Waals surface area contributed by atoms with E-state index < -0.39 is 0 Å². The maximum absolute atomic E-state index is 3.80. The molecule has 2 aliphatic carbocycles. The van der Waals surface area contributed by atoms with Crippen LogP contribution in [0.2, 0.25) is 0 Å². The van der Waals surface area contributed by atoms with E-state index in [4.69, 9.17) is 0 Å². The van der Waals surface area contributed by atoms with Gasteiger partial charge in [0, 0.05) is 25.2 Å². The second kappa shape index (κ2) is 6.79. The van der Waals surface area contributed by atoms with Gasteiger partial charge in [0.2, 0.25) is 0 Å². The normalized spacial score (nSPS) is 42.0. The lowest BCUT2D eigenvalue weighted by molar-refractivity contribution is 0.108. The van der Waals surface area contributed by atoms with Crippen LogP contribution < -0.4 is 5.32 Å². The van der Waals surface area contributed by atoms with E-state index in [1.54, 1.807) is 0 Å². The number of hydrogen-bond donors (Lipinski definition) is 1. The second-order valence-corrected chi connectivity index (χ2v) is 7.60. The topological polar surface area (TPSA) is 15.3 Å². The van der Waals surface area contributed by atoms with Crippen molar-refractivity contribution in [3.05, 3.63) is 0 Å². The molecule has 0 bridgehead atoms. The highest BCUT2D eigenvalue weighted by molar-refractivity contribution is 4.97. The van der Waals surface area contributed by atoms with Crippen LogP contribution in [0, 0.1) is 17.8 Å². The Bertz CT molecular complexity index is 292. The van der Waals surface area contributed by atoms with Crippen molar-refractivity contribution in [2.24, 2.45) is 17.8 Å². The monoisotopic (exact) mass is 278 g/mol. The lowest BCUT2D eigenvalue weighted by Crippen LogP contribution is -2.52. The minimum atomic E-state index is 0.770. The smallest absolute Gasteiger partial charge is 0.0252 e. The summed E-state index contributed by atoms with van der Waals surface area (Å²) < 4.78 is 0. The molecule has 2 nitrogen and oxygen atoms in total. The third-order valence-electron chi connectivity index (χ3n) is 6.31. The molecular weight excluding hydrogens is 244 g/mol. The van der Waals surface area contributed by atoms with E-state index in [0.717, 1.165) is 36.4 Å². The third-order valence-corrected chi connectivity index (χ3v) is 6.31. The van der Waals surface area contributed by atoms with Crippen molar-refractivity contribution in [2.75, 3.05) is 19.6 Å². The molecule has 2 saturated carbocycles. The minimum absolute atomic E-state index is 0.770. The number of likely N-dealkylation sites (tertiary alicyclic amines) is 1. The molecular formula is C18H34N2. The van der Waals surface area contributed by atoms with Gasteiger partial charge in [-0.05, 0) is 56.4 Å². The highest BCUT2D eigenvalue weighted by Gasteiger charge is 2.42. The van der Waals surface area contributed by atoms with Gasteiger partial charge in [0.05, 0.1) is 0 Å². The fraction of sp³-hybridized carbons (Fsp3) is 1.00. The molecule has 0 spiro atoms. The van der Waals surface area contributed by atoms with Crippen molar-refractivity contribution < 1.29 is 0 Å². The molecule has 1 aliphatic heterocycles. The molecule has 0 aromatic heterocycles. The summed E-state index contributed by atoms with van der Waals surface area (Å²) in [5.41, 5.74) is 0. The summed E-state index contributed by atoms with van der Waals surface area (Å²) >= 11 is 0. The summed E-state index contributed by atoms with van der Waals surface area (Å²) in [6, 6.07) is 1.61. The van der Waals surface area contributed by atoms with Gasteiger partial charge in [-0.1, -0.05) is 33.1 Å². The molecule has 0 amide bonds. The molecule has 20 heavy (non-hydrogen) atoms. The van der Waals surface area contributed by atoms with Gasteiger partial charge in [-0.2, -0.15) is 0 Å². The van der Waals surface area contributed by atoms with Gasteiger partial charge in [0.1, 0.15) is 0 Å². The Hall–Kier alpha value is -0.0800. The summed E-state index contributed by atoms with van der Waals surface area (Å²) in [5, 5.41) is 3.80.